The number of amides is 3. The van der Waals surface area contributed by atoms with E-state index in [1.807, 2.05) is 42.2 Å². The number of carbonyl (C=O) groups excluding carboxylic acids is 2. The van der Waals surface area contributed by atoms with Crippen LogP contribution in [0.15, 0.2) is 54.6 Å². The first kappa shape index (κ1) is 29.6. The minimum absolute atomic E-state index is 0.0496. The molecule has 0 radical (unpaired) electrons. The van der Waals surface area contributed by atoms with Crippen molar-refractivity contribution in [1.82, 2.24) is 30.0 Å². The Bertz CT molecular complexity index is 1330. The fourth-order valence-corrected chi connectivity index (χ4v) is 5.76. The molecule has 0 saturated carbocycles. The smallest absolute Gasteiger partial charge is 0.345 e. The normalized spacial score (nSPS) is 17.3. The largest absolute Gasteiger partial charge is 0.416 e. The first-order valence-corrected chi connectivity index (χ1v) is 14.5. The molecule has 2 fully saturated rings. The lowest BCUT2D eigenvalue weighted by Crippen LogP contribution is -2.53. The minimum Gasteiger partial charge on any atom is -0.345 e. The van der Waals surface area contributed by atoms with Gasteiger partial charge in [0, 0.05) is 62.6 Å². The van der Waals surface area contributed by atoms with Crippen LogP contribution < -0.4 is 5.32 Å². The van der Waals surface area contributed by atoms with Crippen LogP contribution in [0.3, 0.4) is 0 Å². The van der Waals surface area contributed by atoms with E-state index in [0.717, 1.165) is 74.3 Å². The van der Waals surface area contributed by atoms with Crippen molar-refractivity contribution in [2.45, 2.75) is 64.0 Å². The van der Waals surface area contributed by atoms with Gasteiger partial charge in [-0.1, -0.05) is 42.5 Å². The first-order chi connectivity index (χ1) is 20.2. The van der Waals surface area contributed by atoms with Crippen molar-refractivity contribution in [1.29, 1.82) is 0 Å². The molecule has 42 heavy (non-hydrogen) atoms. The van der Waals surface area contributed by atoms with Gasteiger partial charge in [-0.2, -0.15) is 13.2 Å². The average molecular weight is 583 g/mol. The Morgan fingerprint density at radius 1 is 1.02 bits per heavy atom. The molecule has 3 heterocycles. The molecule has 2 aliphatic rings. The summed E-state index contributed by atoms with van der Waals surface area (Å²) in [4.78, 5) is 38.5. The maximum Gasteiger partial charge on any atom is 0.416 e. The summed E-state index contributed by atoms with van der Waals surface area (Å²) in [7, 11) is 0. The molecule has 3 amide bonds. The van der Waals surface area contributed by atoms with Gasteiger partial charge in [0.15, 0.2) is 0 Å². The van der Waals surface area contributed by atoms with E-state index >= 15 is 0 Å². The SMILES string of the molecule is Cc1[nH]c(-c2ccc(C(F)(F)F)cc2)nc1CN1CCC(N(Cc2ccccc2)C(=O)NC2CCN(C=O)CC2)CC1. The number of halogens is 3. The highest BCUT2D eigenvalue weighted by Crippen LogP contribution is 2.31. The third kappa shape index (κ3) is 7.31. The molecule has 0 spiro atoms. The molecule has 3 aromatic rings. The van der Waals surface area contributed by atoms with Crippen molar-refractivity contribution in [2.75, 3.05) is 26.2 Å². The Kier molecular flexibility index (Phi) is 9.15. The number of rotatable bonds is 8. The lowest BCUT2D eigenvalue weighted by Gasteiger charge is -2.39. The molecule has 0 bridgehead atoms. The molecule has 2 aliphatic heterocycles. The second-order valence-electron chi connectivity index (χ2n) is 11.2. The molecule has 2 aromatic carbocycles. The lowest BCUT2D eigenvalue weighted by molar-refractivity contribution is -0.137. The number of alkyl halides is 3. The first-order valence-electron chi connectivity index (χ1n) is 14.5. The molecule has 5 rings (SSSR count). The Morgan fingerprint density at radius 2 is 1.69 bits per heavy atom. The quantitative estimate of drug-likeness (QED) is 0.358. The molecule has 11 heteroatoms. The second-order valence-corrected chi connectivity index (χ2v) is 11.2. The van der Waals surface area contributed by atoms with Gasteiger partial charge in [-0.15, -0.1) is 0 Å². The number of benzene rings is 2. The van der Waals surface area contributed by atoms with Crippen molar-refractivity contribution in [3.05, 3.63) is 77.1 Å². The molecule has 0 atom stereocenters. The van der Waals surface area contributed by atoms with Gasteiger partial charge in [0.2, 0.25) is 6.41 Å². The Hall–Kier alpha value is -3.86. The van der Waals surface area contributed by atoms with E-state index in [2.05, 4.69) is 15.2 Å². The molecule has 2 N–H and O–H groups in total. The summed E-state index contributed by atoms with van der Waals surface area (Å²) in [5.74, 6) is 0.552. The number of hydrogen-bond acceptors (Lipinski definition) is 4. The molecular formula is C31H37F3N6O2. The number of imidazole rings is 1. The number of H-pyrrole nitrogens is 1. The zero-order valence-corrected chi connectivity index (χ0v) is 23.7. The van der Waals surface area contributed by atoms with Crippen LogP contribution in [-0.2, 0) is 24.1 Å². The third-order valence-corrected chi connectivity index (χ3v) is 8.31. The van der Waals surface area contributed by atoms with Gasteiger partial charge in [0.1, 0.15) is 5.82 Å². The fraction of sp³-hybridized carbons (Fsp3) is 0.452. The number of hydrogen-bond donors (Lipinski definition) is 2. The highest BCUT2D eigenvalue weighted by molar-refractivity contribution is 5.75. The van der Waals surface area contributed by atoms with Gasteiger partial charge in [0.25, 0.3) is 0 Å². The van der Waals surface area contributed by atoms with Crippen LogP contribution in [-0.4, -0.2) is 75.4 Å². The van der Waals surface area contributed by atoms with Crippen LogP contribution in [0.2, 0.25) is 0 Å². The highest BCUT2D eigenvalue weighted by atomic mass is 19.4. The Morgan fingerprint density at radius 3 is 2.31 bits per heavy atom. The number of aromatic nitrogens is 2. The van der Waals surface area contributed by atoms with Crippen molar-refractivity contribution in [2.24, 2.45) is 0 Å². The number of likely N-dealkylation sites (tertiary alicyclic amines) is 2. The monoisotopic (exact) mass is 582 g/mol. The predicted octanol–water partition coefficient (Wildman–Crippen LogP) is 5.20. The van der Waals surface area contributed by atoms with Crippen molar-refractivity contribution in [3.63, 3.8) is 0 Å². The van der Waals surface area contributed by atoms with Gasteiger partial charge >= 0.3 is 12.2 Å². The summed E-state index contributed by atoms with van der Waals surface area (Å²) in [5, 5.41) is 3.22. The molecule has 0 aliphatic carbocycles. The van der Waals surface area contributed by atoms with E-state index in [1.54, 1.807) is 4.90 Å². The van der Waals surface area contributed by atoms with Crippen molar-refractivity contribution >= 4 is 12.4 Å². The molecule has 1 aromatic heterocycles. The van der Waals surface area contributed by atoms with Gasteiger partial charge in [-0.3, -0.25) is 9.69 Å². The number of urea groups is 1. The number of aromatic amines is 1. The third-order valence-electron chi connectivity index (χ3n) is 8.31. The highest BCUT2D eigenvalue weighted by Gasteiger charge is 2.31. The van der Waals surface area contributed by atoms with E-state index in [4.69, 9.17) is 4.98 Å². The van der Waals surface area contributed by atoms with Crippen LogP contribution in [0.4, 0.5) is 18.0 Å². The summed E-state index contributed by atoms with van der Waals surface area (Å²) in [5.41, 5.74) is 2.75. The molecule has 224 valence electrons. The molecule has 8 nitrogen and oxygen atoms in total. The van der Waals surface area contributed by atoms with E-state index in [0.29, 0.717) is 37.6 Å². The average Bonchev–Trinajstić information content (AvgIpc) is 3.36. The number of carbonyl (C=O) groups is 2. The minimum atomic E-state index is -4.37. The van der Waals surface area contributed by atoms with Gasteiger partial charge in [-0.25, -0.2) is 9.78 Å². The van der Waals surface area contributed by atoms with E-state index in [1.165, 1.54) is 12.1 Å². The Labute approximate surface area is 243 Å². The van der Waals surface area contributed by atoms with E-state index < -0.39 is 11.7 Å². The maximum absolute atomic E-state index is 13.5. The van der Waals surface area contributed by atoms with Crippen LogP contribution in [0.25, 0.3) is 11.4 Å². The van der Waals surface area contributed by atoms with Crippen molar-refractivity contribution < 1.29 is 22.8 Å². The predicted molar refractivity (Wildman–Crippen MR) is 153 cm³/mol. The van der Waals surface area contributed by atoms with Crippen molar-refractivity contribution in [3.8, 4) is 11.4 Å². The van der Waals surface area contributed by atoms with Crippen LogP contribution >= 0.6 is 0 Å². The molecule has 0 unspecified atom stereocenters. The standard InChI is InChI=1S/C31H37F3N6O2/c1-22-28(37-29(35-22)24-7-9-25(10-8-24)31(32,33)34)20-38-17-13-27(14-18-38)40(19-23-5-3-2-4-6-23)30(42)36-26-11-15-39(21-41)16-12-26/h2-10,21,26-27H,11-20H2,1H3,(H,35,37)(H,36,42). The fourth-order valence-electron chi connectivity index (χ4n) is 5.76. The zero-order chi connectivity index (χ0) is 29.7. The summed E-state index contributed by atoms with van der Waals surface area (Å²) < 4.78 is 38.8. The van der Waals surface area contributed by atoms with Crippen LogP contribution in [0, 0.1) is 6.92 Å². The van der Waals surface area contributed by atoms with Gasteiger partial charge < -0.3 is 20.1 Å². The van der Waals surface area contributed by atoms with Gasteiger partial charge in [0.05, 0.1) is 11.3 Å². The molecular weight excluding hydrogens is 545 g/mol. The Balaban J connectivity index is 1.20. The second kappa shape index (κ2) is 13.0. The summed E-state index contributed by atoms with van der Waals surface area (Å²) in [6, 6.07) is 15.1. The van der Waals surface area contributed by atoms with E-state index in [-0.39, 0.29) is 18.1 Å². The van der Waals surface area contributed by atoms with Gasteiger partial charge in [-0.05, 0) is 50.3 Å². The van der Waals surface area contributed by atoms with E-state index in [9.17, 15) is 22.8 Å². The molecule has 2 saturated heterocycles. The maximum atomic E-state index is 13.5. The number of nitrogens with zero attached hydrogens (tertiary/aromatic N) is 4. The summed E-state index contributed by atoms with van der Waals surface area (Å²) in [6.45, 7) is 5.96. The zero-order valence-electron chi connectivity index (χ0n) is 23.7. The summed E-state index contributed by atoms with van der Waals surface area (Å²) >= 11 is 0. The lowest BCUT2D eigenvalue weighted by atomic mass is 10.0. The number of nitrogens with one attached hydrogen (secondary N) is 2. The number of piperidine rings is 2. The van der Waals surface area contributed by atoms with Crippen LogP contribution in [0.1, 0.15) is 48.2 Å². The topological polar surface area (TPSA) is 84.6 Å². The van der Waals surface area contributed by atoms with Crippen LogP contribution in [0.5, 0.6) is 0 Å². The summed E-state index contributed by atoms with van der Waals surface area (Å²) in [6.07, 6.45) is -0.369. The number of aryl methyl sites for hydroxylation is 1.